The van der Waals surface area contributed by atoms with Crippen molar-refractivity contribution in [2.75, 3.05) is 0 Å². The first kappa shape index (κ1) is 27.7. The lowest BCUT2D eigenvalue weighted by atomic mass is 10.7. The maximum Gasteiger partial charge on any atom is 0.438 e. The van der Waals surface area contributed by atoms with Crippen LogP contribution in [-0.2, 0) is 4.84 Å². The van der Waals surface area contributed by atoms with Gasteiger partial charge in [0.05, 0.1) is 0 Å². The van der Waals surface area contributed by atoms with Crippen LogP contribution in [0.2, 0.25) is 0 Å². The molecule has 0 spiro atoms. The van der Waals surface area contributed by atoms with E-state index in [0.29, 0.717) is 17.5 Å². The smallest absolute Gasteiger partial charge is 0.361 e. The van der Waals surface area contributed by atoms with Crippen molar-refractivity contribution in [1.82, 2.24) is 40.2 Å². The first-order valence-electron chi connectivity index (χ1n) is 7.30. The largest absolute Gasteiger partial charge is 0.438 e. The molecule has 4 N–H and O–H groups in total. The van der Waals surface area contributed by atoms with Crippen molar-refractivity contribution in [1.29, 1.82) is 0 Å². The van der Waals surface area contributed by atoms with E-state index >= 15 is 0 Å². The third-order valence-corrected chi connectivity index (χ3v) is 2.87. The van der Waals surface area contributed by atoms with Crippen molar-refractivity contribution in [3.8, 4) is 0 Å². The maximum atomic E-state index is 10.2. The van der Waals surface area contributed by atoms with E-state index in [1.807, 2.05) is 6.92 Å². The third-order valence-electron chi connectivity index (χ3n) is 2.24. The van der Waals surface area contributed by atoms with Crippen molar-refractivity contribution in [2.45, 2.75) is 42.5 Å². The lowest BCUT2D eigenvalue weighted by Gasteiger charge is -1.89. The summed E-state index contributed by atoms with van der Waals surface area (Å²) >= 11 is 0.943. The summed E-state index contributed by atoms with van der Waals surface area (Å²) in [6.07, 6.45) is 1.48. The van der Waals surface area contributed by atoms with Gasteiger partial charge in [0.1, 0.15) is 29.6 Å². The maximum absolute atomic E-state index is 10.2. The second-order valence-corrected chi connectivity index (χ2v) is 5.46. The number of nitrogens with zero attached hydrogens (tertiary/aromatic N) is 5. The Hall–Kier alpha value is -3.55. The number of rotatable bonds is 0. The number of aliphatic imine (C=N–C) groups is 1. The van der Waals surface area contributed by atoms with E-state index in [0.717, 1.165) is 23.2 Å². The normalized spacial score (nSPS) is 10.6. The zero-order valence-corrected chi connectivity index (χ0v) is 15.9. The highest BCUT2D eigenvalue weighted by atomic mass is 32.1. The quantitative estimate of drug-likeness (QED) is 0.413. The summed E-state index contributed by atoms with van der Waals surface area (Å²) in [4.78, 5) is 37.1. The first-order valence-corrected chi connectivity index (χ1v) is 8.07. The summed E-state index contributed by atoms with van der Waals surface area (Å²) in [6.45, 7) is 10.5. The Bertz CT molecular complexity index is 907. The molecule has 1 aliphatic heterocycles. The molecule has 0 saturated carbocycles. The fraction of sp³-hybridized carbons (Fsp3) is 0.400. The van der Waals surface area contributed by atoms with Crippen LogP contribution in [0.4, 0.5) is 0 Å². The SMILES string of the molecule is C.C.C=C1N=C(C)NO1.Cc1ncn[nH]1.Cc1noc(=O)[nH]1.Cc1nsc(=O)[nH]1. The number of aromatic nitrogens is 7. The molecule has 4 rings (SSSR count). The zero-order valence-electron chi connectivity index (χ0n) is 15.1. The molecule has 0 atom stereocenters. The van der Waals surface area contributed by atoms with Gasteiger partial charge in [-0.05, 0) is 34.3 Å². The van der Waals surface area contributed by atoms with E-state index in [1.165, 1.54) is 6.33 Å². The highest BCUT2D eigenvalue weighted by molar-refractivity contribution is 7.02. The van der Waals surface area contributed by atoms with Gasteiger partial charge in [0.25, 0.3) is 0 Å². The molecule has 0 saturated heterocycles. The van der Waals surface area contributed by atoms with Crippen LogP contribution < -0.4 is 16.1 Å². The molecular weight excluding hydrogens is 402 g/mol. The summed E-state index contributed by atoms with van der Waals surface area (Å²) < 4.78 is 7.79. The van der Waals surface area contributed by atoms with Gasteiger partial charge in [-0.15, -0.1) is 0 Å². The van der Waals surface area contributed by atoms with Gasteiger partial charge >= 0.3 is 10.6 Å². The molecule has 14 heteroatoms. The van der Waals surface area contributed by atoms with E-state index in [4.69, 9.17) is 0 Å². The molecular formula is C15H27N9O4S. The van der Waals surface area contributed by atoms with Crippen LogP contribution in [0.3, 0.4) is 0 Å². The lowest BCUT2D eigenvalue weighted by molar-refractivity contribution is 0.178. The Morgan fingerprint density at radius 1 is 1.03 bits per heavy atom. The molecule has 3 aromatic rings. The van der Waals surface area contributed by atoms with Crippen LogP contribution in [-0.4, -0.2) is 40.5 Å². The van der Waals surface area contributed by atoms with Crippen molar-refractivity contribution >= 4 is 17.4 Å². The Morgan fingerprint density at radius 2 is 1.72 bits per heavy atom. The molecule has 162 valence electrons. The molecule has 0 fully saturated rings. The number of H-pyrrole nitrogens is 3. The minimum absolute atomic E-state index is 0. The highest BCUT2D eigenvalue weighted by Crippen LogP contribution is 1.98. The summed E-state index contributed by atoms with van der Waals surface area (Å²) in [5.41, 5.74) is 2.52. The monoisotopic (exact) mass is 429 g/mol. The van der Waals surface area contributed by atoms with Gasteiger partial charge in [-0.3, -0.25) is 24.4 Å². The molecule has 29 heavy (non-hydrogen) atoms. The summed E-state index contributed by atoms with van der Waals surface area (Å²) in [5.74, 6) is 2.73. The average molecular weight is 430 g/mol. The van der Waals surface area contributed by atoms with Crippen molar-refractivity contribution in [3.63, 3.8) is 0 Å². The van der Waals surface area contributed by atoms with Crippen molar-refractivity contribution in [2.24, 2.45) is 4.99 Å². The van der Waals surface area contributed by atoms with Gasteiger partial charge in [0.2, 0.25) is 5.88 Å². The topological polar surface area (TPSA) is 180 Å². The van der Waals surface area contributed by atoms with E-state index < -0.39 is 5.76 Å². The molecule has 3 aromatic heterocycles. The van der Waals surface area contributed by atoms with Gasteiger partial charge in [-0.2, -0.15) is 14.5 Å². The van der Waals surface area contributed by atoms with Gasteiger partial charge in [-0.1, -0.05) is 20.0 Å². The summed E-state index contributed by atoms with van der Waals surface area (Å²) in [7, 11) is 0. The predicted molar refractivity (Wildman–Crippen MR) is 110 cm³/mol. The number of aryl methyl sites for hydroxylation is 3. The van der Waals surface area contributed by atoms with E-state index in [1.54, 1.807) is 20.8 Å². The number of hydrogen-bond donors (Lipinski definition) is 4. The fourth-order valence-corrected chi connectivity index (χ4v) is 1.70. The average Bonchev–Trinajstić information content (AvgIpc) is 3.37. The number of hydroxylamine groups is 1. The Balaban J connectivity index is 0. The predicted octanol–water partition coefficient (Wildman–Crippen LogP) is 1.61. The molecule has 13 nitrogen and oxygen atoms in total. The molecule has 4 heterocycles. The molecule has 0 amide bonds. The van der Waals surface area contributed by atoms with Crippen LogP contribution >= 0.6 is 11.5 Å². The number of hydrogen-bond acceptors (Lipinski definition) is 11. The molecule has 0 aromatic carbocycles. The standard InChI is InChI=1S/C4H6N2O.C3H5N3.C3H4N2O2.C3H4N2OS.2CH4/c1-3-5-4(2)7-6-3;1-3-4-2-5-6-3;2*1-2-4-3(6)7-5-2;;/h2H2,1H3,(H,5,6);2H,1H3,(H,4,5,6);2*1H3,(H,4,5,6);2*1H4. The second kappa shape index (κ2) is 14.5. The Labute approximate surface area is 171 Å². The number of nitrogens with one attached hydrogen (secondary N) is 4. The van der Waals surface area contributed by atoms with E-state index in [2.05, 4.69) is 61.1 Å². The van der Waals surface area contributed by atoms with Gasteiger partial charge in [0, 0.05) is 11.5 Å². The lowest BCUT2D eigenvalue weighted by Crippen LogP contribution is -2.11. The van der Waals surface area contributed by atoms with Crippen molar-refractivity contribution < 1.29 is 9.36 Å². The third kappa shape index (κ3) is 13.3. The molecule has 1 aliphatic rings. The second-order valence-electron chi connectivity index (χ2n) is 4.73. The summed E-state index contributed by atoms with van der Waals surface area (Å²) in [6, 6.07) is 0. The van der Waals surface area contributed by atoms with Crippen LogP contribution in [0.1, 0.15) is 39.3 Å². The molecule has 0 unspecified atom stereocenters. The summed E-state index contributed by atoms with van der Waals surface area (Å²) in [5, 5.41) is 9.50. The van der Waals surface area contributed by atoms with E-state index in [9.17, 15) is 9.59 Å². The highest BCUT2D eigenvalue weighted by Gasteiger charge is 2.01. The van der Waals surface area contributed by atoms with Gasteiger partial charge in [-0.25, -0.2) is 15.3 Å². The Morgan fingerprint density at radius 3 is 1.86 bits per heavy atom. The number of aromatic amines is 3. The molecule has 0 aliphatic carbocycles. The van der Waals surface area contributed by atoms with E-state index in [-0.39, 0.29) is 19.7 Å². The van der Waals surface area contributed by atoms with Gasteiger partial charge in [0.15, 0.2) is 0 Å². The van der Waals surface area contributed by atoms with Crippen molar-refractivity contribution in [3.05, 3.63) is 56.5 Å². The first-order chi connectivity index (χ1) is 12.8. The van der Waals surface area contributed by atoms with Crippen LogP contribution in [0.15, 0.2) is 37.9 Å². The van der Waals surface area contributed by atoms with Crippen LogP contribution in [0.5, 0.6) is 0 Å². The zero-order chi connectivity index (χ0) is 20.2. The minimum Gasteiger partial charge on any atom is -0.361 e. The van der Waals surface area contributed by atoms with Gasteiger partial charge < -0.3 is 4.84 Å². The van der Waals surface area contributed by atoms with Crippen LogP contribution in [0.25, 0.3) is 0 Å². The number of amidine groups is 1. The minimum atomic E-state index is -0.502. The molecule has 0 bridgehead atoms. The molecule has 0 radical (unpaired) electrons. The fourth-order valence-electron chi connectivity index (χ4n) is 1.24. The Kier molecular flexibility index (Phi) is 13.8. The van der Waals surface area contributed by atoms with Crippen LogP contribution in [0, 0.1) is 20.8 Å².